The molecule has 1 unspecified atom stereocenters. The van der Waals surface area contributed by atoms with Gasteiger partial charge >= 0.3 is 0 Å². The third-order valence-corrected chi connectivity index (χ3v) is 2.47. The van der Waals surface area contributed by atoms with Gasteiger partial charge in [0.05, 0.1) is 12.1 Å². The van der Waals surface area contributed by atoms with Crippen LogP contribution in [0.1, 0.15) is 31.9 Å². The molecule has 0 aliphatic heterocycles. The highest BCUT2D eigenvalue weighted by Crippen LogP contribution is 2.21. The fourth-order valence-electron chi connectivity index (χ4n) is 1.48. The van der Waals surface area contributed by atoms with Gasteiger partial charge < -0.3 is 11.1 Å². The number of amides is 1. The molecule has 0 bridgehead atoms. The standard InChI is InChI=1S/C12H16F2N2O/c1-3-11(16-12(17)7(2)15)9-6-8(13)4-5-10(9)14/h4-7,11H,3,15H2,1-2H3,(H,16,17)/t7-,11?/m1/s1. The number of nitrogens with two attached hydrogens (primary N) is 1. The minimum atomic E-state index is -0.680. The molecule has 0 aromatic heterocycles. The quantitative estimate of drug-likeness (QED) is 0.847. The second kappa shape index (κ2) is 5.72. The number of hydrogen-bond acceptors (Lipinski definition) is 2. The average Bonchev–Trinajstić information content (AvgIpc) is 2.29. The number of carbonyl (C=O) groups is 1. The number of benzene rings is 1. The predicted molar refractivity (Wildman–Crippen MR) is 61.2 cm³/mol. The van der Waals surface area contributed by atoms with Crippen molar-refractivity contribution in [3.05, 3.63) is 35.4 Å². The van der Waals surface area contributed by atoms with Crippen LogP contribution in [0.4, 0.5) is 8.78 Å². The number of carbonyl (C=O) groups excluding carboxylic acids is 1. The molecule has 0 fully saturated rings. The Labute approximate surface area is 99.0 Å². The SMILES string of the molecule is CCC(NC(=O)[C@@H](C)N)c1cc(F)ccc1F. The lowest BCUT2D eigenvalue weighted by Crippen LogP contribution is -2.40. The van der Waals surface area contributed by atoms with Gasteiger partial charge in [-0.15, -0.1) is 0 Å². The summed E-state index contributed by atoms with van der Waals surface area (Å²) in [6.07, 6.45) is 0.457. The number of nitrogens with one attached hydrogen (secondary N) is 1. The van der Waals surface area contributed by atoms with Gasteiger partial charge in [-0.2, -0.15) is 0 Å². The van der Waals surface area contributed by atoms with E-state index in [-0.39, 0.29) is 11.5 Å². The molecule has 2 atom stereocenters. The fourth-order valence-corrected chi connectivity index (χ4v) is 1.48. The fraction of sp³-hybridized carbons (Fsp3) is 0.417. The Balaban J connectivity index is 2.93. The van der Waals surface area contributed by atoms with Gasteiger partial charge in [-0.1, -0.05) is 6.92 Å². The van der Waals surface area contributed by atoms with Crippen LogP contribution in [-0.2, 0) is 4.79 Å². The van der Waals surface area contributed by atoms with Crippen molar-refractivity contribution in [3.8, 4) is 0 Å². The Kier molecular flexibility index (Phi) is 4.57. The van der Waals surface area contributed by atoms with Gasteiger partial charge in [0.25, 0.3) is 0 Å². The number of hydrogen-bond donors (Lipinski definition) is 2. The molecule has 0 spiro atoms. The van der Waals surface area contributed by atoms with Crippen molar-refractivity contribution >= 4 is 5.91 Å². The molecule has 0 heterocycles. The van der Waals surface area contributed by atoms with Crippen LogP contribution in [0.25, 0.3) is 0 Å². The first kappa shape index (κ1) is 13.6. The second-order valence-corrected chi connectivity index (χ2v) is 3.92. The van der Waals surface area contributed by atoms with Crippen LogP contribution in [0.2, 0.25) is 0 Å². The molecule has 0 radical (unpaired) electrons. The van der Waals surface area contributed by atoms with Crippen molar-refractivity contribution in [1.82, 2.24) is 5.32 Å². The summed E-state index contributed by atoms with van der Waals surface area (Å²) in [6.45, 7) is 3.31. The minimum absolute atomic E-state index is 0.140. The minimum Gasteiger partial charge on any atom is -0.348 e. The molecule has 1 rings (SSSR count). The maximum absolute atomic E-state index is 13.5. The summed E-state index contributed by atoms with van der Waals surface area (Å²) in [6, 6.07) is 1.93. The van der Waals surface area contributed by atoms with Gasteiger partial charge in [0.15, 0.2) is 0 Å². The van der Waals surface area contributed by atoms with E-state index in [1.165, 1.54) is 6.92 Å². The summed E-state index contributed by atoms with van der Waals surface area (Å²) in [5, 5.41) is 2.58. The molecule has 1 amide bonds. The topological polar surface area (TPSA) is 55.1 Å². The second-order valence-electron chi connectivity index (χ2n) is 3.92. The largest absolute Gasteiger partial charge is 0.348 e. The zero-order chi connectivity index (χ0) is 13.0. The zero-order valence-corrected chi connectivity index (χ0v) is 9.84. The van der Waals surface area contributed by atoms with E-state index in [0.717, 1.165) is 18.2 Å². The molecule has 0 saturated carbocycles. The molecular weight excluding hydrogens is 226 g/mol. The maximum atomic E-state index is 13.5. The summed E-state index contributed by atoms with van der Waals surface area (Å²) in [5.41, 5.74) is 5.55. The first-order valence-electron chi connectivity index (χ1n) is 5.46. The maximum Gasteiger partial charge on any atom is 0.237 e. The normalized spacial score (nSPS) is 14.2. The van der Waals surface area contributed by atoms with E-state index in [2.05, 4.69) is 5.32 Å². The molecule has 3 nitrogen and oxygen atoms in total. The van der Waals surface area contributed by atoms with Crippen LogP contribution < -0.4 is 11.1 Å². The van der Waals surface area contributed by atoms with Crippen LogP contribution in [0.15, 0.2) is 18.2 Å². The van der Waals surface area contributed by atoms with Crippen molar-refractivity contribution in [2.24, 2.45) is 5.73 Å². The van der Waals surface area contributed by atoms with E-state index in [9.17, 15) is 13.6 Å². The van der Waals surface area contributed by atoms with Crippen molar-refractivity contribution in [3.63, 3.8) is 0 Å². The van der Waals surface area contributed by atoms with E-state index in [0.29, 0.717) is 6.42 Å². The highest BCUT2D eigenvalue weighted by molar-refractivity contribution is 5.81. The van der Waals surface area contributed by atoms with Gasteiger partial charge in [0, 0.05) is 5.56 Å². The van der Waals surface area contributed by atoms with Crippen molar-refractivity contribution < 1.29 is 13.6 Å². The van der Waals surface area contributed by atoms with Crippen LogP contribution in [0, 0.1) is 11.6 Å². The van der Waals surface area contributed by atoms with Crippen molar-refractivity contribution in [1.29, 1.82) is 0 Å². The first-order valence-corrected chi connectivity index (χ1v) is 5.46. The zero-order valence-electron chi connectivity index (χ0n) is 9.84. The summed E-state index contributed by atoms with van der Waals surface area (Å²) < 4.78 is 26.5. The van der Waals surface area contributed by atoms with Gasteiger partial charge in [-0.3, -0.25) is 4.79 Å². The lowest BCUT2D eigenvalue weighted by Gasteiger charge is -2.19. The van der Waals surface area contributed by atoms with E-state index in [1.807, 2.05) is 0 Å². The molecule has 0 aliphatic carbocycles. The molecule has 1 aromatic rings. The lowest BCUT2D eigenvalue weighted by atomic mass is 10.0. The molecular formula is C12H16F2N2O. The monoisotopic (exact) mass is 242 g/mol. The Morgan fingerprint density at radius 2 is 2.12 bits per heavy atom. The van der Waals surface area contributed by atoms with Crippen molar-refractivity contribution in [2.75, 3.05) is 0 Å². The molecule has 1 aromatic carbocycles. The van der Waals surface area contributed by atoms with Crippen LogP contribution in [0.3, 0.4) is 0 Å². The van der Waals surface area contributed by atoms with Crippen LogP contribution in [0.5, 0.6) is 0 Å². The lowest BCUT2D eigenvalue weighted by molar-refractivity contribution is -0.122. The van der Waals surface area contributed by atoms with Crippen LogP contribution >= 0.6 is 0 Å². The van der Waals surface area contributed by atoms with E-state index in [4.69, 9.17) is 5.73 Å². The number of rotatable bonds is 4. The molecule has 0 aliphatic rings. The van der Waals surface area contributed by atoms with E-state index >= 15 is 0 Å². The predicted octanol–water partition coefficient (Wildman–Crippen LogP) is 1.88. The van der Waals surface area contributed by atoms with Crippen molar-refractivity contribution in [2.45, 2.75) is 32.4 Å². The Morgan fingerprint density at radius 1 is 1.47 bits per heavy atom. The average molecular weight is 242 g/mol. The van der Waals surface area contributed by atoms with E-state index < -0.39 is 23.7 Å². The summed E-state index contributed by atoms with van der Waals surface area (Å²) >= 11 is 0. The Hall–Kier alpha value is -1.49. The third kappa shape index (κ3) is 3.49. The number of halogens is 2. The first-order chi connectivity index (χ1) is 7.95. The Morgan fingerprint density at radius 3 is 2.65 bits per heavy atom. The smallest absolute Gasteiger partial charge is 0.237 e. The molecule has 3 N–H and O–H groups in total. The molecule has 0 saturated heterocycles. The highest BCUT2D eigenvalue weighted by Gasteiger charge is 2.18. The highest BCUT2D eigenvalue weighted by atomic mass is 19.1. The Bertz CT molecular complexity index is 407. The molecule has 17 heavy (non-hydrogen) atoms. The molecule has 94 valence electrons. The van der Waals surface area contributed by atoms with Gasteiger partial charge in [-0.05, 0) is 31.5 Å². The van der Waals surface area contributed by atoms with E-state index in [1.54, 1.807) is 6.92 Å². The summed E-state index contributed by atoms with van der Waals surface area (Å²) in [7, 11) is 0. The summed E-state index contributed by atoms with van der Waals surface area (Å²) in [4.78, 5) is 11.4. The third-order valence-electron chi connectivity index (χ3n) is 2.47. The summed E-state index contributed by atoms with van der Waals surface area (Å²) in [5.74, 6) is -1.46. The van der Waals surface area contributed by atoms with Gasteiger partial charge in [0.2, 0.25) is 5.91 Å². The van der Waals surface area contributed by atoms with Crippen LogP contribution in [-0.4, -0.2) is 11.9 Å². The molecule has 5 heteroatoms. The van der Waals surface area contributed by atoms with Gasteiger partial charge in [0.1, 0.15) is 11.6 Å². The van der Waals surface area contributed by atoms with Gasteiger partial charge in [-0.25, -0.2) is 8.78 Å².